The van der Waals surface area contributed by atoms with E-state index in [2.05, 4.69) is 10.0 Å². The van der Waals surface area contributed by atoms with E-state index in [-0.39, 0.29) is 22.0 Å². The molecule has 0 aliphatic carbocycles. The maximum atomic E-state index is 13.1. The molecule has 0 heterocycles. The lowest BCUT2D eigenvalue weighted by atomic mass is 10.2. The summed E-state index contributed by atoms with van der Waals surface area (Å²) in [5, 5.41) is 2.64. The highest BCUT2D eigenvalue weighted by Gasteiger charge is 2.13. The van der Waals surface area contributed by atoms with Crippen LogP contribution in [0.2, 0.25) is 5.02 Å². The third-order valence-electron chi connectivity index (χ3n) is 2.60. The maximum absolute atomic E-state index is 13.1. The predicted octanol–water partition coefficient (Wildman–Crippen LogP) is 3.10. The lowest BCUT2D eigenvalue weighted by Crippen LogP contribution is -2.14. The SMILES string of the molecule is CS(=O)(=O)Nc1ccc(Cl)c(C(=O)Nc2cccc(F)c2)c1. The molecular formula is C14H12ClFN2O3S. The average Bonchev–Trinajstić information content (AvgIpc) is 2.39. The Kier molecular flexibility index (Phi) is 4.68. The van der Waals surface area contributed by atoms with Crippen molar-refractivity contribution < 1.29 is 17.6 Å². The van der Waals surface area contributed by atoms with Gasteiger partial charge in [0, 0.05) is 11.4 Å². The van der Waals surface area contributed by atoms with E-state index in [4.69, 9.17) is 11.6 Å². The molecule has 0 aromatic heterocycles. The minimum atomic E-state index is -3.47. The summed E-state index contributed by atoms with van der Waals surface area (Å²) in [6, 6.07) is 9.52. The Morgan fingerprint density at radius 2 is 1.86 bits per heavy atom. The van der Waals surface area contributed by atoms with Crippen molar-refractivity contribution in [2.45, 2.75) is 0 Å². The summed E-state index contributed by atoms with van der Waals surface area (Å²) >= 11 is 5.95. The third kappa shape index (κ3) is 4.44. The quantitative estimate of drug-likeness (QED) is 0.896. The zero-order valence-corrected chi connectivity index (χ0v) is 13.0. The van der Waals surface area contributed by atoms with Crippen LogP contribution in [-0.4, -0.2) is 20.6 Å². The van der Waals surface area contributed by atoms with Crippen molar-refractivity contribution in [3.8, 4) is 0 Å². The second-order valence-electron chi connectivity index (χ2n) is 4.53. The molecule has 2 N–H and O–H groups in total. The van der Waals surface area contributed by atoms with Crippen LogP contribution in [-0.2, 0) is 10.0 Å². The number of hydrogen-bond acceptors (Lipinski definition) is 3. The number of amides is 1. The van der Waals surface area contributed by atoms with Gasteiger partial charge in [0.05, 0.1) is 16.8 Å². The Labute approximate surface area is 132 Å². The highest BCUT2D eigenvalue weighted by Crippen LogP contribution is 2.22. The molecule has 0 fully saturated rings. The van der Waals surface area contributed by atoms with E-state index in [9.17, 15) is 17.6 Å². The Morgan fingerprint density at radius 3 is 2.50 bits per heavy atom. The molecule has 0 saturated heterocycles. The van der Waals surface area contributed by atoms with E-state index < -0.39 is 21.7 Å². The highest BCUT2D eigenvalue weighted by atomic mass is 35.5. The Morgan fingerprint density at radius 1 is 1.14 bits per heavy atom. The molecule has 1 amide bonds. The predicted molar refractivity (Wildman–Crippen MR) is 84.3 cm³/mol. The molecule has 0 aliphatic rings. The maximum Gasteiger partial charge on any atom is 0.257 e. The van der Waals surface area contributed by atoms with Crippen molar-refractivity contribution in [2.75, 3.05) is 16.3 Å². The van der Waals surface area contributed by atoms with Crippen LogP contribution in [0, 0.1) is 5.82 Å². The van der Waals surface area contributed by atoms with Gasteiger partial charge in [-0.25, -0.2) is 12.8 Å². The Hall–Kier alpha value is -2.12. The largest absolute Gasteiger partial charge is 0.322 e. The van der Waals surface area contributed by atoms with Gasteiger partial charge in [0.15, 0.2) is 0 Å². The molecule has 2 aromatic rings. The lowest BCUT2D eigenvalue weighted by molar-refractivity contribution is 0.102. The molecule has 116 valence electrons. The second-order valence-corrected chi connectivity index (χ2v) is 6.69. The van der Waals surface area contributed by atoms with E-state index in [1.807, 2.05) is 0 Å². The summed E-state index contributed by atoms with van der Waals surface area (Å²) in [5.41, 5.74) is 0.540. The molecule has 22 heavy (non-hydrogen) atoms. The van der Waals surface area contributed by atoms with Gasteiger partial charge in [-0.2, -0.15) is 0 Å². The van der Waals surface area contributed by atoms with Gasteiger partial charge < -0.3 is 5.32 Å². The standard InChI is InChI=1S/C14H12ClFN2O3S/c1-22(20,21)18-11-5-6-13(15)12(8-11)14(19)17-10-4-2-3-9(16)7-10/h2-8,18H,1H3,(H,17,19). The van der Waals surface area contributed by atoms with Crippen LogP contribution in [0.25, 0.3) is 0 Å². The summed E-state index contributed by atoms with van der Waals surface area (Å²) < 4.78 is 37.8. The van der Waals surface area contributed by atoms with E-state index >= 15 is 0 Å². The minimum absolute atomic E-state index is 0.0691. The summed E-state index contributed by atoms with van der Waals surface area (Å²) in [6.45, 7) is 0. The highest BCUT2D eigenvalue weighted by molar-refractivity contribution is 7.92. The van der Waals surface area contributed by atoms with Crippen LogP contribution in [0.15, 0.2) is 42.5 Å². The first-order valence-corrected chi connectivity index (χ1v) is 8.36. The molecule has 8 heteroatoms. The van der Waals surface area contributed by atoms with Crippen molar-refractivity contribution in [2.24, 2.45) is 0 Å². The van der Waals surface area contributed by atoms with Crippen molar-refractivity contribution in [3.05, 3.63) is 58.9 Å². The zero-order valence-electron chi connectivity index (χ0n) is 11.4. The van der Waals surface area contributed by atoms with Gasteiger partial charge in [0.2, 0.25) is 10.0 Å². The number of carbonyl (C=O) groups is 1. The summed E-state index contributed by atoms with van der Waals surface area (Å²) in [6.07, 6.45) is 0.994. The van der Waals surface area contributed by atoms with Crippen LogP contribution >= 0.6 is 11.6 Å². The topological polar surface area (TPSA) is 75.3 Å². The summed E-state index contributed by atoms with van der Waals surface area (Å²) in [4.78, 5) is 12.2. The number of carbonyl (C=O) groups excluding carboxylic acids is 1. The molecule has 2 rings (SSSR count). The van der Waals surface area contributed by atoms with Crippen LogP contribution in [0.4, 0.5) is 15.8 Å². The molecule has 0 atom stereocenters. The smallest absolute Gasteiger partial charge is 0.257 e. The number of nitrogens with one attached hydrogen (secondary N) is 2. The van der Waals surface area contributed by atoms with E-state index in [1.54, 1.807) is 0 Å². The normalized spacial score (nSPS) is 11.0. The monoisotopic (exact) mass is 342 g/mol. The molecule has 2 aromatic carbocycles. The molecule has 0 bridgehead atoms. The average molecular weight is 343 g/mol. The van der Waals surface area contributed by atoms with E-state index in [0.29, 0.717) is 0 Å². The fourth-order valence-corrected chi connectivity index (χ4v) is 2.50. The lowest BCUT2D eigenvalue weighted by Gasteiger charge is -2.09. The number of sulfonamides is 1. The van der Waals surface area contributed by atoms with E-state index in [1.165, 1.54) is 36.4 Å². The van der Waals surface area contributed by atoms with Crippen molar-refractivity contribution in [3.63, 3.8) is 0 Å². The minimum Gasteiger partial charge on any atom is -0.322 e. The number of hydrogen-bond donors (Lipinski definition) is 2. The molecule has 0 spiro atoms. The first-order chi connectivity index (χ1) is 10.2. The van der Waals surface area contributed by atoms with Gasteiger partial charge in [0.1, 0.15) is 5.82 Å². The zero-order chi connectivity index (χ0) is 16.3. The fraction of sp³-hybridized carbons (Fsp3) is 0.0714. The molecule has 0 saturated carbocycles. The van der Waals surface area contributed by atoms with Gasteiger partial charge in [-0.05, 0) is 36.4 Å². The van der Waals surface area contributed by atoms with Gasteiger partial charge in [-0.3, -0.25) is 9.52 Å². The van der Waals surface area contributed by atoms with Gasteiger partial charge >= 0.3 is 0 Å². The number of halogens is 2. The number of anilines is 2. The molecule has 0 radical (unpaired) electrons. The van der Waals surface area contributed by atoms with Crippen molar-refractivity contribution >= 4 is 38.9 Å². The molecular weight excluding hydrogens is 331 g/mol. The van der Waals surface area contributed by atoms with Crippen LogP contribution in [0.3, 0.4) is 0 Å². The summed E-state index contributed by atoms with van der Waals surface area (Å²) in [7, 11) is -3.47. The van der Waals surface area contributed by atoms with Crippen molar-refractivity contribution in [1.82, 2.24) is 0 Å². The van der Waals surface area contributed by atoms with Crippen LogP contribution in [0.1, 0.15) is 10.4 Å². The van der Waals surface area contributed by atoms with Gasteiger partial charge in [-0.1, -0.05) is 17.7 Å². The first-order valence-electron chi connectivity index (χ1n) is 6.09. The molecule has 0 aliphatic heterocycles. The van der Waals surface area contributed by atoms with Gasteiger partial charge in [0.25, 0.3) is 5.91 Å². The Bertz CT molecular complexity index is 825. The molecule has 0 unspecified atom stereocenters. The van der Waals surface area contributed by atoms with Crippen LogP contribution in [0.5, 0.6) is 0 Å². The molecule has 5 nitrogen and oxygen atoms in total. The van der Waals surface area contributed by atoms with Gasteiger partial charge in [-0.15, -0.1) is 0 Å². The fourth-order valence-electron chi connectivity index (χ4n) is 1.74. The van der Waals surface area contributed by atoms with Crippen LogP contribution < -0.4 is 10.0 Å². The van der Waals surface area contributed by atoms with Crippen molar-refractivity contribution in [1.29, 1.82) is 0 Å². The third-order valence-corrected chi connectivity index (χ3v) is 3.53. The second kappa shape index (κ2) is 6.33. The number of benzene rings is 2. The van der Waals surface area contributed by atoms with E-state index in [0.717, 1.165) is 12.3 Å². The summed E-state index contributed by atoms with van der Waals surface area (Å²) in [5.74, 6) is -1.07. The Balaban J connectivity index is 2.27. The first kappa shape index (κ1) is 16.3. The number of rotatable bonds is 4.